The minimum Gasteiger partial charge on any atom is -0.255 e. The zero-order valence-corrected chi connectivity index (χ0v) is 28.6. The van der Waals surface area contributed by atoms with Crippen molar-refractivity contribution < 1.29 is 17.6 Å². The molecule has 0 radical (unpaired) electrons. The molecule has 5 heterocycles. The molecule has 0 amide bonds. The number of hydrogen-bond acceptors (Lipinski definition) is 6. The van der Waals surface area contributed by atoms with Crippen LogP contribution in [0.2, 0.25) is 0 Å². The molecule has 0 fully saturated rings. The van der Waals surface area contributed by atoms with Crippen LogP contribution in [0, 0.1) is 5.92 Å². The standard InChI is InChI=1S/C17H24N2.2C10H8N2.ClH.Os/c1(3-7-16-8-4-5-9-16)2-6-12-19-15-17-10-13-18-14-11-17;2*1-3-7-11-9(5-1)10-6-2-4-8-12-10;;/h4-5,8-11,13-14,16,19H,1-3,6-7,12,15H2;2*1-8H;1H;/q;;;;+1/p-1. The fourth-order valence-electron chi connectivity index (χ4n) is 4.44. The molecule has 5 aromatic heterocycles. The average Bonchev–Trinajstić information content (AvgIpc) is 3.67. The van der Waals surface area contributed by atoms with Gasteiger partial charge in [0.1, 0.15) is 0 Å². The van der Waals surface area contributed by atoms with Gasteiger partial charge in [-0.05, 0) is 91.5 Å². The second kappa shape index (κ2) is 23.5. The van der Waals surface area contributed by atoms with Gasteiger partial charge in [0.25, 0.3) is 0 Å². The van der Waals surface area contributed by atoms with E-state index in [1.165, 1.54) is 55.3 Å². The number of nitrogens with one attached hydrogen (secondary N) is 1. The maximum absolute atomic E-state index is 4.67. The molecule has 45 heavy (non-hydrogen) atoms. The molecular formula is C37H40ClN6Os. The van der Waals surface area contributed by atoms with E-state index in [-0.39, 0.29) is 0 Å². The summed E-state index contributed by atoms with van der Waals surface area (Å²) < 4.78 is 0. The zero-order valence-electron chi connectivity index (χ0n) is 25.4. The Morgan fingerprint density at radius 3 is 1.40 bits per heavy atom. The van der Waals surface area contributed by atoms with E-state index in [1.807, 2.05) is 85.2 Å². The number of unbranched alkanes of at least 4 members (excludes halogenated alkanes) is 3. The van der Waals surface area contributed by atoms with Crippen LogP contribution in [0.5, 0.6) is 0 Å². The third-order valence-electron chi connectivity index (χ3n) is 6.73. The summed E-state index contributed by atoms with van der Waals surface area (Å²) in [5.74, 6) is 0.713. The minimum atomic E-state index is 0.713. The fourth-order valence-corrected chi connectivity index (χ4v) is 4.44. The van der Waals surface area contributed by atoms with E-state index in [9.17, 15) is 0 Å². The van der Waals surface area contributed by atoms with Gasteiger partial charge in [0, 0.05) is 43.7 Å². The minimum absolute atomic E-state index is 0.713. The predicted octanol–water partition coefficient (Wildman–Crippen LogP) is 8.84. The first kappa shape index (κ1) is 35.6. The van der Waals surface area contributed by atoms with E-state index >= 15 is 0 Å². The van der Waals surface area contributed by atoms with Crippen LogP contribution in [0.1, 0.15) is 37.7 Å². The molecular weight excluding hydrogens is 754 g/mol. The van der Waals surface area contributed by atoms with Crippen molar-refractivity contribution in [2.24, 2.45) is 5.92 Å². The Balaban J connectivity index is 0.000000186. The van der Waals surface area contributed by atoms with Crippen LogP contribution < -0.4 is 5.32 Å². The molecule has 1 N–H and O–H groups in total. The van der Waals surface area contributed by atoms with Crippen LogP contribution in [0.25, 0.3) is 22.8 Å². The smallest absolute Gasteiger partial charge is 0.0886 e. The molecule has 0 unspecified atom stereocenters. The van der Waals surface area contributed by atoms with Crippen molar-refractivity contribution >= 4 is 9.64 Å². The summed E-state index contributed by atoms with van der Waals surface area (Å²) in [5, 5.41) is 3.48. The van der Waals surface area contributed by atoms with Gasteiger partial charge in [-0.2, -0.15) is 0 Å². The summed E-state index contributed by atoms with van der Waals surface area (Å²) in [5.41, 5.74) is 4.97. The van der Waals surface area contributed by atoms with Gasteiger partial charge in [-0.25, -0.2) is 0 Å². The predicted molar refractivity (Wildman–Crippen MR) is 182 cm³/mol. The summed E-state index contributed by atoms with van der Waals surface area (Å²) in [6.07, 6.45) is 26.3. The van der Waals surface area contributed by atoms with Crippen molar-refractivity contribution in [2.75, 3.05) is 6.54 Å². The molecule has 233 valence electrons. The van der Waals surface area contributed by atoms with Crippen molar-refractivity contribution in [1.82, 2.24) is 30.2 Å². The number of aromatic nitrogens is 5. The van der Waals surface area contributed by atoms with Gasteiger partial charge in [0.15, 0.2) is 0 Å². The van der Waals surface area contributed by atoms with Gasteiger partial charge in [0.2, 0.25) is 0 Å². The Morgan fingerprint density at radius 2 is 0.978 bits per heavy atom. The van der Waals surface area contributed by atoms with Crippen molar-refractivity contribution in [3.63, 3.8) is 0 Å². The first-order valence-corrected chi connectivity index (χ1v) is 18.3. The van der Waals surface area contributed by atoms with E-state index in [0.717, 1.165) is 35.9 Å². The van der Waals surface area contributed by atoms with E-state index in [0.29, 0.717) is 5.92 Å². The molecule has 8 heteroatoms. The van der Waals surface area contributed by atoms with E-state index in [2.05, 4.69) is 76.3 Å². The number of pyridine rings is 5. The van der Waals surface area contributed by atoms with Crippen molar-refractivity contribution in [3.8, 4) is 22.8 Å². The van der Waals surface area contributed by atoms with Gasteiger partial charge >= 0.3 is 27.2 Å². The topological polar surface area (TPSA) is 76.5 Å². The van der Waals surface area contributed by atoms with Gasteiger partial charge < -0.3 is 5.32 Å². The summed E-state index contributed by atoms with van der Waals surface area (Å²) in [7, 11) is 4.67. The molecule has 1 aliphatic carbocycles. The van der Waals surface area contributed by atoms with E-state index in [4.69, 9.17) is 0 Å². The van der Waals surface area contributed by atoms with Crippen molar-refractivity contribution in [3.05, 3.63) is 152 Å². The van der Waals surface area contributed by atoms with Crippen molar-refractivity contribution in [1.29, 1.82) is 0 Å². The fraction of sp³-hybridized carbons (Fsp3) is 0.216. The SMILES string of the molecule is C1=CC(CCCCCCNCc2ccncc2)C=C1.[Cl][Os].c1ccc(-c2ccccn2)nc1.c1ccc(-c2ccccn2)nc1. The summed E-state index contributed by atoms with van der Waals surface area (Å²) in [6, 6.07) is 27.3. The maximum atomic E-state index is 4.67. The van der Waals surface area contributed by atoms with Gasteiger partial charge in [-0.15, -0.1) is 0 Å². The third-order valence-corrected chi connectivity index (χ3v) is 6.73. The second-order valence-electron chi connectivity index (χ2n) is 10.0. The molecule has 0 atom stereocenters. The Kier molecular flexibility index (Phi) is 18.6. The number of halogens is 1. The summed E-state index contributed by atoms with van der Waals surface area (Å²) >= 11 is 1.33. The quantitative estimate of drug-likeness (QED) is 0.135. The van der Waals surface area contributed by atoms with Crippen molar-refractivity contribution in [2.45, 2.75) is 38.6 Å². The Hall–Kier alpha value is -3.88. The Bertz CT molecular complexity index is 1300. The summed E-state index contributed by atoms with van der Waals surface area (Å²) in [4.78, 5) is 20.8. The third kappa shape index (κ3) is 15.1. The normalized spacial score (nSPS) is 11.3. The first-order chi connectivity index (χ1) is 22.4. The second-order valence-corrected chi connectivity index (χ2v) is 10.0. The van der Waals surface area contributed by atoms with Crippen LogP contribution in [-0.2, 0) is 24.1 Å². The molecule has 0 aliphatic heterocycles. The molecule has 1 aliphatic rings. The Morgan fingerprint density at radius 1 is 0.533 bits per heavy atom. The molecule has 0 aromatic carbocycles. The van der Waals surface area contributed by atoms with E-state index < -0.39 is 0 Å². The van der Waals surface area contributed by atoms with Crippen LogP contribution in [0.15, 0.2) is 146 Å². The maximum Gasteiger partial charge on any atom is 0.0886 e. The first-order valence-electron chi connectivity index (χ1n) is 15.1. The van der Waals surface area contributed by atoms with Gasteiger partial charge in [0.05, 0.1) is 22.8 Å². The molecule has 5 aromatic rings. The molecule has 6 rings (SSSR count). The molecule has 0 bridgehead atoms. The Labute approximate surface area is 282 Å². The molecule has 6 nitrogen and oxygen atoms in total. The number of hydrogen-bond donors (Lipinski definition) is 1. The molecule has 0 spiro atoms. The number of allylic oxidation sites excluding steroid dienone is 4. The number of nitrogens with zero attached hydrogens (tertiary/aromatic N) is 5. The zero-order chi connectivity index (χ0) is 31.6. The molecule has 0 saturated heterocycles. The monoisotopic (exact) mass is 795 g/mol. The van der Waals surface area contributed by atoms with Crippen LogP contribution in [0.4, 0.5) is 0 Å². The van der Waals surface area contributed by atoms with Crippen LogP contribution in [0.3, 0.4) is 0 Å². The van der Waals surface area contributed by atoms with Gasteiger partial charge in [-0.3, -0.25) is 24.9 Å². The van der Waals surface area contributed by atoms with E-state index in [1.54, 1.807) is 24.8 Å². The molecule has 0 saturated carbocycles. The summed E-state index contributed by atoms with van der Waals surface area (Å²) in [6.45, 7) is 2.08. The number of rotatable bonds is 11. The average molecular weight is 794 g/mol. The van der Waals surface area contributed by atoms with Crippen LogP contribution >= 0.6 is 9.64 Å². The largest absolute Gasteiger partial charge is 0.255 e. The van der Waals surface area contributed by atoms with Crippen LogP contribution in [-0.4, -0.2) is 31.5 Å². The van der Waals surface area contributed by atoms with Gasteiger partial charge in [-0.1, -0.05) is 67.8 Å².